The molecule has 0 aromatic rings. The predicted molar refractivity (Wildman–Crippen MR) is 20.0 cm³/mol. The van der Waals surface area contributed by atoms with Crippen molar-refractivity contribution in [3.05, 3.63) is 0 Å². The maximum absolute atomic E-state index is 3.60. The van der Waals surface area contributed by atoms with E-state index in [4.69, 9.17) is 0 Å². The van der Waals surface area contributed by atoms with Crippen LogP contribution in [0, 0.1) is 0 Å². The summed E-state index contributed by atoms with van der Waals surface area (Å²) in [5, 5.41) is 0. The molecule has 0 fully saturated rings. The van der Waals surface area contributed by atoms with E-state index in [0.717, 1.165) is 6.54 Å². The standard InChI is InChI=1S/C3H9N.H2O/c1-2-3-4;/h2-4H2,1H3;1H2. The molecule has 0 rings (SSSR count). The summed E-state index contributed by atoms with van der Waals surface area (Å²) in [6, 6.07) is 0. The highest BCUT2D eigenvalue weighted by Crippen LogP contribution is 1.54. The summed E-state index contributed by atoms with van der Waals surface area (Å²) in [6.45, 7) is 3.19. The second kappa shape index (κ2) is 9.07. The van der Waals surface area contributed by atoms with Crippen molar-refractivity contribution in [2.75, 3.05) is 6.54 Å². The molecule has 4 N–H and O–H groups in total. The Kier molecular flexibility index (Phi) is 16.1. The van der Waals surface area contributed by atoms with Gasteiger partial charge in [0.1, 0.15) is 0 Å². The molecule has 0 aliphatic carbocycles. The Morgan fingerprint density at radius 2 is 1.80 bits per heavy atom. The van der Waals surface area contributed by atoms with E-state index >= 15 is 0 Å². The van der Waals surface area contributed by atoms with Crippen LogP contribution < -0.4 is 5.73 Å². The van der Waals surface area contributed by atoms with Crippen molar-refractivity contribution in [2.24, 2.45) is 0 Å². The van der Waals surface area contributed by atoms with E-state index in [2.05, 4.69) is 12.7 Å². The molecule has 0 unspecified atom stereocenters. The van der Waals surface area contributed by atoms with Crippen LogP contribution >= 0.6 is 0 Å². The fourth-order valence-electron chi connectivity index (χ4n) is 0. The lowest BCUT2D eigenvalue weighted by atomic mass is 10.5. The predicted octanol–water partition coefficient (Wildman–Crippen LogP) is -0.539. The molecular formula is C3H11NO. The number of rotatable bonds is 1. The van der Waals surface area contributed by atoms with Gasteiger partial charge in [-0.15, -0.1) is 0 Å². The normalized spacial score (nSPS) is 6.00. The third kappa shape index (κ3) is 17.1. The zero-order valence-corrected chi connectivity index (χ0v) is 3.57. The largest absolute Gasteiger partial charge is 0.870 e. The van der Waals surface area contributed by atoms with Crippen LogP contribution in [0.25, 0.3) is 0 Å². The molecule has 0 aliphatic rings. The maximum Gasteiger partial charge on any atom is 0.0737 e. The lowest BCUT2D eigenvalue weighted by Gasteiger charge is -1.66. The maximum atomic E-state index is 3.60. The molecule has 2 nitrogen and oxygen atoms in total. The third-order valence-corrected chi connectivity index (χ3v) is 0.354. The number of hydrogen-bond donors (Lipinski definition) is 1. The van der Waals surface area contributed by atoms with Gasteiger partial charge in [0.05, 0.1) is 6.54 Å². The number of quaternary nitrogens is 1. The first-order valence-electron chi connectivity index (χ1n) is 1.71. The molecule has 0 atom stereocenters. The van der Waals surface area contributed by atoms with Crippen molar-refractivity contribution in [3.63, 3.8) is 0 Å². The first kappa shape index (κ1) is 8.87. The molecule has 5 heavy (non-hydrogen) atoms. The number of hydrogen-bond acceptors (Lipinski definition) is 1. The van der Waals surface area contributed by atoms with Crippen molar-refractivity contribution < 1.29 is 11.2 Å². The first-order valence-corrected chi connectivity index (χ1v) is 1.71. The van der Waals surface area contributed by atoms with E-state index in [1.165, 1.54) is 6.42 Å². The van der Waals surface area contributed by atoms with E-state index in [-0.39, 0.29) is 5.48 Å². The highest BCUT2D eigenvalue weighted by atomic mass is 16.0. The third-order valence-electron chi connectivity index (χ3n) is 0.354. The quantitative estimate of drug-likeness (QED) is 0.449. The van der Waals surface area contributed by atoms with Crippen LogP contribution in [0.1, 0.15) is 13.3 Å². The average Bonchev–Trinajstić information content (AvgIpc) is 1.37. The summed E-state index contributed by atoms with van der Waals surface area (Å²) >= 11 is 0. The van der Waals surface area contributed by atoms with Gasteiger partial charge >= 0.3 is 0 Å². The molecule has 0 aliphatic heterocycles. The van der Waals surface area contributed by atoms with Crippen molar-refractivity contribution in [3.8, 4) is 0 Å². The van der Waals surface area contributed by atoms with Gasteiger partial charge in [-0.2, -0.15) is 0 Å². The van der Waals surface area contributed by atoms with E-state index < -0.39 is 0 Å². The second-order valence-electron chi connectivity index (χ2n) is 0.854. The SMILES string of the molecule is CCC[NH3+].[OH-]. The molecule has 0 bridgehead atoms. The van der Waals surface area contributed by atoms with E-state index in [1.807, 2.05) is 0 Å². The van der Waals surface area contributed by atoms with Crippen molar-refractivity contribution in [1.82, 2.24) is 0 Å². The Labute approximate surface area is 32.3 Å². The van der Waals surface area contributed by atoms with Crippen molar-refractivity contribution in [2.45, 2.75) is 13.3 Å². The van der Waals surface area contributed by atoms with Crippen LogP contribution in [0.15, 0.2) is 0 Å². The van der Waals surface area contributed by atoms with Gasteiger partial charge in [-0.3, -0.25) is 0 Å². The van der Waals surface area contributed by atoms with Gasteiger partial charge in [-0.05, 0) is 6.42 Å². The summed E-state index contributed by atoms with van der Waals surface area (Å²) in [5.41, 5.74) is 3.60. The summed E-state index contributed by atoms with van der Waals surface area (Å²) in [4.78, 5) is 0. The minimum absolute atomic E-state index is 0. The Balaban J connectivity index is 0. The molecule has 0 aromatic heterocycles. The molecule has 0 saturated heterocycles. The smallest absolute Gasteiger partial charge is 0.0737 e. The molecule has 0 aromatic carbocycles. The fraction of sp³-hybridized carbons (Fsp3) is 1.00. The van der Waals surface area contributed by atoms with Gasteiger partial charge < -0.3 is 11.2 Å². The molecule has 0 amide bonds. The van der Waals surface area contributed by atoms with E-state index in [9.17, 15) is 0 Å². The summed E-state index contributed by atoms with van der Waals surface area (Å²) < 4.78 is 0. The van der Waals surface area contributed by atoms with E-state index in [1.54, 1.807) is 0 Å². The summed E-state index contributed by atoms with van der Waals surface area (Å²) in [6.07, 6.45) is 1.21. The molecule has 0 radical (unpaired) electrons. The summed E-state index contributed by atoms with van der Waals surface area (Å²) in [7, 11) is 0. The minimum atomic E-state index is 0. The van der Waals surface area contributed by atoms with Gasteiger partial charge in [0, 0.05) is 0 Å². The van der Waals surface area contributed by atoms with Gasteiger partial charge in [0.25, 0.3) is 0 Å². The van der Waals surface area contributed by atoms with Gasteiger partial charge in [-0.25, -0.2) is 0 Å². The fourth-order valence-corrected chi connectivity index (χ4v) is 0. The average molecular weight is 77.1 g/mol. The molecule has 34 valence electrons. The van der Waals surface area contributed by atoms with Crippen LogP contribution in [-0.2, 0) is 0 Å². The lowest BCUT2D eigenvalue weighted by molar-refractivity contribution is -0.367. The van der Waals surface area contributed by atoms with Crippen molar-refractivity contribution in [1.29, 1.82) is 0 Å². The molecule has 0 spiro atoms. The zero-order valence-electron chi connectivity index (χ0n) is 3.57. The highest BCUT2D eigenvalue weighted by Gasteiger charge is 1.59. The Morgan fingerprint density at radius 3 is 1.80 bits per heavy atom. The van der Waals surface area contributed by atoms with Gasteiger partial charge in [0.2, 0.25) is 0 Å². The van der Waals surface area contributed by atoms with Crippen LogP contribution in [0.5, 0.6) is 0 Å². The van der Waals surface area contributed by atoms with Crippen LogP contribution in [0.3, 0.4) is 0 Å². The van der Waals surface area contributed by atoms with Gasteiger partial charge in [-0.1, -0.05) is 6.92 Å². The van der Waals surface area contributed by atoms with Gasteiger partial charge in [0.15, 0.2) is 0 Å². The lowest BCUT2D eigenvalue weighted by Crippen LogP contribution is -2.49. The topological polar surface area (TPSA) is 57.6 Å². The zero-order chi connectivity index (χ0) is 3.41. The van der Waals surface area contributed by atoms with E-state index in [0.29, 0.717) is 0 Å². The Bertz CT molecular complexity index is 8.85. The minimum Gasteiger partial charge on any atom is -0.870 e. The Hall–Kier alpha value is -0.0800. The molecule has 0 heterocycles. The van der Waals surface area contributed by atoms with Crippen molar-refractivity contribution >= 4 is 0 Å². The van der Waals surface area contributed by atoms with Crippen LogP contribution in [0.4, 0.5) is 0 Å². The molecule has 2 heteroatoms. The van der Waals surface area contributed by atoms with Crippen LogP contribution in [0.2, 0.25) is 0 Å². The monoisotopic (exact) mass is 77.1 g/mol. The Morgan fingerprint density at radius 1 is 1.60 bits per heavy atom. The molecule has 0 saturated carbocycles. The molecular weight excluding hydrogens is 66.0 g/mol. The first-order chi connectivity index (χ1) is 1.91. The summed E-state index contributed by atoms with van der Waals surface area (Å²) in [5.74, 6) is 0. The second-order valence-corrected chi connectivity index (χ2v) is 0.854. The highest BCUT2D eigenvalue weighted by molar-refractivity contribution is 4.07. The van der Waals surface area contributed by atoms with Crippen LogP contribution in [-0.4, -0.2) is 12.0 Å².